The van der Waals surface area contributed by atoms with Crippen molar-refractivity contribution in [3.63, 3.8) is 0 Å². The molecule has 0 saturated carbocycles. The predicted octanol–water partition coefficient (Wildman–Crippen LogP) is 3.24. The van der Waals surface area contributed by atoms with Crippen LogP contribution in [0.5, 0.6) is 0 Å². The molecule has 0 aliphatic heterocycles. The summed E-state index contributed by atoms with van der Waals surface area (Å²) >= 11 is 0. The Labute approximate surface area is 151 Å². The molecule has 2 heterocycles. The number of hydrogen-bond acceptors (Lipinski definition) is 5. The highest BCUT2D eigenvalue weighted by atomic mass is 16.2. The van der Waals surface area contributed by atoms with Gasteiger partial charge in [-0.25, -0.2) is 4.98 Å². The highest BCUT2D eigenvalue weighted by Gasteiger charge is 2.12. The first-order valence-corrected chi connectivity index (χ1v) is 8.05. The van der Waals surface area contributed by atoms with Crippen molar-refractivity contribution in [2.24, 2.45) is 0 Å². The van der Waals surface area contributed by atoms with Gasteiger partial charge in [-0.1, -0.05) is 18.2 Å². The monoisotopic (exact) mass is 343 g/mol. The molecule has 0 atom stereocenters. The van der Waals surface area contributed by atoms with Crippen LogP contribution in [0.15, 0.2) is 67.0 Å². The standard InChI is InChI=1S/C20H17N5O/c1-25(20(26)16-9-11-22-12-10-16)18-7-5-15(6-8-18)14-23-19-4-2-3-17(13-21)24-19/h2-12H,14H2,1H3,(H,23,24). The largest absolute Gasteiger partial charge is 0.366 e. The lowest BCUT2D eigenvalue weighted by molar-refractivity contribution is 0.0993. The maximum absolute atomic E-state index is 12.5. The number of carbonyl (C=O) groups is 1. The van der Waals surface area contributed by atoms with Crippen LogP contribution in [0.25, 0.3) is 0 Å². The third kappa shape index (κ3) is 4.02. The summed E-state index contributed by atoms with van der Waals surface area (Å²) < 4.78 is 0. The van der Waals surface area contributed by atoms with Gasteiger partial charge < -0.3 is 10.2 Å². The van der Waals surface area contributed by atoms with Crippen molar-refractivity contribution in [1.82, 2.24) is 9.97 Å². The summed E-state index contributed by atoms with van der Waals surface area (Å²) in [6.07, 6.45) is 3.20. The Morgan fingerprint density at radius 2 is 1.85 bits per heavy atom. The van der Waals surface area contributed by atoms with Gasteiger partial charge in [0.2, 0.25) is 0 Å². The number of nitrogens with zero attached hydrogens (tertiary/aromatic N) is 4. The Morgan fingerprint density at radius 3 is 2.54 bits per heavy atom. The normalized spacial score (nSPS) is 10.0. The van der Waals surface area contributed by atoms with Gasteiger partial charge in [-0.15, -0.1) is 0 Å². The lowest BCUT2D eigenvalue weighted by atomic mass is 10.1. The molecule has 1 amide bonds. The van der Waals surface area contributed by atoms with Crippen LogP contribution in [0.2, 0.25) is 0 Å². The predicted molar refractivity (Wildman–Crippen MR) is 99.7 cm³/mol. The van der Waals surface area contributed by atoms with Crippen molar-refractivity contribution in [3.8, 4) is 6.07 Å². The molecule has 128 valence electrons. The van der Waals surface area contributed by atoms with Crippen LogP contribution in [-0.4, -0.2) is 22.9 Å². The van der Waals surface area contributed by atoms with Gasteiger partial charge >= 0.3 is 0 Å². The molecular formula is C20H17N5O. The van der Waals surface area contributed by atoms with Gasteiger partial charge in [-0.05, 0) is 42.0 Å². The zero-order chi connectivity index (χ0) is 18.4. The molecule has 0 radical (unpaired) electrons. The van der Waals surface area contributed by atoms with E-state index < -0.39 is 0 Å². The van der Waals surface area contributed by atoms with Crippen molar-refractivity contribution < 1.29 is 4.79 Å². The van der Waals surface area contributed by atoms with E-state index in [1.807, 2.05) is 36.4 Å². The quantitative estimate of drug-likeness (QED) is 0.769. The third-order valence-electron chi connectivity index (χ3n) is 3.89. The molecule has 26 heavy (non-hydrogen) atoms. The number of benzene rings is 1. The summed E-state index contributed by atoms with van der Waals surface area (Å²) in [5, 5.41) is 12.1. The van der Waals surface area contributed by atoms with Gasteiger partial charge in [0.25, 0.3) is 5.91 Å². The number of carbonyl (C=O) groups excluding carboxylic acids is 1. The second-order valence-electron chi connectivity index (χ2n) is 5.64. The minimum atomic E-state index is -0.0872. The lowest BCUT2D eigenvalue weighted by Gasteiger charge is -2.18. The summed E-state index contributed by atoms with van der Waals surface area (Å²) in [6.45, 7) is 0.574. The van der Waals surface area contributed by atoms with Gasteiger partial charge in [0.05, 0.1) is 0 Å². The van der Waals surface area contributed by atoms with Crippen LogP contribution in [0.1, 0.15) is 21.6 Å². The molecule has 6 heteroatoms. The minimum Gasteiger partial charge on any atom is -0.366 e. The minimum absolute atomic E-state index is 0.0872. The first-order chi connectivity index (χ1) is 12.7. The fourth-order valence-electron chi connectivity index (χ4n) is 2.43. The number of rotatable bonds is 5. The van der Waals surface area contributed by atoms with Crippen LogP contribution >= 0.6 is 0 Å². The first kappa shape index (κ1) is 17.1. The van der Waals surface area contributed by atoms with Crippen LogP contribution in [0.4, 0.5) is 11.5 Å². The second-order valence-corrected chi connectivity index (χ2v) is 5.64. The summed E-state index contributed by atoms with van der Waals surface area (Å²) in [6, 6.07) is 18.4. The Morgan fingerprint density at radius 1 is 1.12 bits per heavy atom. The second kappa shape index (κ2) is 7.90. The molecular weight excluding hydrogens is 326 g/mol. The van der Waals surface area contributed by atoms with Crippen molar-refractivity contribution >= 4 is 17.4 Å². The van der Waals surface area contributed by atoms with Crippen LogP contribution < -0.4 is 10.2 Å². The Kier molecular flexibility index (Phi) is 5.20. The smallest absolute Gasteiger partial charge is 0.258 e. The Hall–Kier alpha value is -3.72. The summed E-state index contributed by atoms with van der Waals surface area (Å²) in [5.74, 6) is 0.564. The number of nitriles is 1. The lowest BCUT2D eigenvalue weighted by Crippen LogP contribution is -2.26. The Balaban J connectivity index is 1.64. The SMILES string of the molecule is CN(C(=O)c1ccncc1)c1ccc(CNc2cccc(C#N)n2)cc1. The van der Waals surface area contributed by atoms with E-state index >= 15 is 0 Å². The van der Waals surface area contributed by atoms with Crippen molar-refractivity contribution in [3.05, 3.63) is 83.8 Å². The van der Waals surface area contributed by atoms with E-state index in [4.69, 9.17) is 5.26 Å². The van der Waals surface area contributed by atoms with Gasteiger partial charge in [0, 0.05) is 37.2 Å². The van der Waals surface area contributed by atoms with E-state index in [9.17, 15) is 4.79 Å². The highest BCUT2D eigenvalue weighted by molar-refractivity contribution is 6.05. The summed E-state index contributed by atoms with van der Waals surface area (Å²) in [4.78, 5) is 22.2. The number of amides is 1. The molecule has 0 bridgehead atoms. The van der Waals surface area contributed by atoms with Crippen molar-refractivity contribution in [1.29, 1.82) is 5.26 Å². The van der Waals surface area contributed by atoms with Gasteiger partial charge in [0.15, 0.2) is 0 Å². The maximum atomic E-state index is 12.5. The topological polar surface area (TPSA) is 81.9 Å². The third-order valence-corrected chi connectivity index (χ3v) is 3.89. The van der Waals surface area contributed by atoms with Crippen LogP contribution in [-0.2, 0) is 6.54 Å². The Bertz CT molecular complexity index is 932. The van der Waals surface area contributed by atoms with Crippen LogP contribution in [0.3, 0.4) is 0 Å². The van der Waals surface area contributed by atoms with E-state index in [-0.39, 0.29) is 5.91 Å². The molecule has 0 aliphatic rings. The van der Waals surface area contributed by atoms with E-state index in [0.717, 1.165) is 11.3 Å². The molecule has 2 aromatic heterocycles. The van der Waals surface area contributed by atoms with Gasteiger partial charge in [-0.3, -0.25) is 9.78 Å². The summed E-state index contributed by atoms with van der Waals surface area (Å²) in [5.41, 5.74) is 2.82. The number of nitrogens with one attached hydrogen (secondary N) is 1. The summed E-state index contributed by atoms with van der Waals surface area (Å²) in [7, 11) is 1.74. The average Bonchev–Trinajstić information content (AvgIpc) is 2.72. The first-order valence-electron chi connectivity index (χ1n) is 8.05. The van der Waals surface area contributed by atoms with Gasteiger partial charge in [-0.2, -0.15) is 5.26 Å². The molecule has 6 nitrogen and oxygen atoms in total. The zero-order valence-electron chi connectivity index (χ0n) is 14.3. The zero-order valence-corrected chi connectivity index (χ0v) is 14.3. The number of aromatic nitrogens is 2. The van der Waals surface area contributed by atoms with Gasteiger partial charge in [0.1, 0.15) is 17.6 Å². The average molecular weight is 343 g/mol. The molecule has 0 spiro atoms. The van der Waals surface area contributed by atoms with Crippen molar-refractivity contribution in [2.75, 3.05) is 17.3 Å². The molecule has 3 aromatic rings. The molecule has 1 N–H and O–H groups in total. The van der Waals surface area contributed by atoms with Crippen LogP contribution in [0, 0.1) is 11.3 Å². The number of hydrogen-bond donors (Lipinski definition) is 1. The van der Waals surface area contributed by atoms with E-state index in [1.54, 1.807) is 48.6 Å². The number of anilines is 2. The molecule has 0 fully saturated rings. The van der Waals surface area contributed by atoms with E-state index in [2.05, 4.69) is 15.3 Å². The van der Waals surface area contributed by atoms with E-state index in [0.29, 0.717) is 23.6 Å². The van der Waals surface area contributed by atoms with E-state index in [1.165, 1.54) is 0 Å². The molecule has 3 rings (SSSR count). The maximum Gasteiger partial charge on any atom is 0.258 e. The molecule has 0 aliphatic carbocycles. The van der Waals surface area contributed by atoms with Crippen molar-refractivity contribution in [2.45, 2.75) is 6.54 Å². The molecule has 0 saturated heterocycles. The number of pyridine rings is 2. The molecule has 1 aromatic carbocycles. The molecule has 0 unspecified atom stereocenters. The fraction of sp³-hybridized carbons (Fsp3) is 0.100. The fourth-order valence-corrected chi connectivity index (χ4v) is 2.43. The highest BCUT2D eigenvalue weighted by Crippen LogP contribution is 2.17.